The van der Waals surface area contributed by atoms with E-state index in [0.717, 1.165) is 16.9 Å². The van der Waals surface area contributed by atoms with E-state index in [1.165, 1.54) is 0 Å². The van der Waals surface area contributed by atoms with Crippen LogP contribution < -0.4 is 4.74 Å². The van der Waals surface area contributed by atoms with Gasteiger partial charge in [0.15, 0.2) is 5.60 Å². The topological polar surface area (TPSA) is 55.4 Å². The molecular formula is C14H20O6Si. The van der Waals surface area contributed by atoms with Crippen molar-refractivity contribution in [3.63, 3.8) is 0 Å². The van der Waals surface area contributed by atoms with Gasteiger partial charge in [0, 0.05) is 32.8 Å². The van der Waals surface area contributed by atoms with Gasteiger partial charge in [-0.25, -0.2) is 4.89 Å². The standard InChI is InChI=1S/C14H20O6Si/c1-13-9-10-8-11(15-2)6-7-12(10)14(13,19-18-13)20-21(5,16-3)17-4/h6-8H,9H2,1-5H3/t13-,14-/m0/s1. The molecule has 1 aliphatic carbocycles. The normalized spacial score (nSPS) is 30.5. The summed E-state index contributed by atoms with van der Waals surface area (Å²) in [6.45, 7) is 3.79. The monoisotopic (exact) mass is 312 g/mol. The van der Waals surface area contributed by atoms with Crippen molar-refractivity contribution in [3.05, 3.63) is 29.3 Å². The Morgan fingerprint density at radius 1 is 1.14 bits per heavy atom. The fourth-order valence-electron chi connectivity index (χ4n) is 2.87. The smallest absolute Gasteiger partial charge is 0.497 e. The molecule has 7 heteroatoms. The van der Waals surface area contributed by atoms with Gasteiger partial charge in [0.2, 0.25) is 0 Å². The molecule has 1 saturated heterocycles. The maximum atomic E-state index is 6.19. The Kier molecular flexibility index (Phi) is 3.40. The third-order valence-corrected chi connectivity index (χ3v) is 6.45. The minimum Gasteiger partial charge on any atom is -0.497 e. The fourth-order valence-corrected chi connectivity index (χ4v) is 4.09. The lowest BCUT2D eigenvalue weighted by molar-refractivity contribution is -0.603. The summed E-state index contributed by atoms with van der Waals surface area (Å²) in [7, 11) is 2.00. The Labute approximate surface area is 125 Å². The second-order valence-electron chi connectivity index (χ2n) is 5.59. The van der Waals surface area contributed by atoms with Crippen LogP contribution in [0, 0.1) is 0 Å². The van der Waals surface area contributed by atoms with Crippen LogP contribution in [0.15, 0.2) is 18.2 Å². The molecule has 2 atom stereocenters. The molecule has 0 amide bonds. The van der Waals surface area contributed by atoms with Crippen molar-refractivity contribution in [2.45, 2.75) is 31.3 Å². The Balaban J connectivity index is 2.02. The lowest BCUT2D eigenvalue weighted by Crippen LogP contribution is -2.66. The number of benzene rings is 1. The van der Waals surface area contributed by atoms with Gasteiger partial charge in [-0.15, -0.1) is 0 Å². The summed E-state index contributed by atoms with van der Waals surface area (Å²) in [6, 6.07) is 5.81. The van der Waals surface area contributed by atoms with Gasteiger partial charge < -0.3 is 18.0 Å². The second kappa shape index (κ2) is 4.77. The summed E-state index contributed by atoms with van der Waals surface area (Å²) in [5.74, 6) is -0.186. The highest BCUT2D eigenvalue weighted by atomic mass is 28.4. The molecule has 0 spiro atoms. The van der Waals surface area contributed by atoms with Crippen LogP contribution in [0.1, 0.15) is 18.1 Å². The van der Waals surface area contributed by atoms with Gasteiger partial charge in [-0.2, -0.15) is 4.89 Å². The van der Waals surface area contributed by atoms with Crippen molar-refractivity contribution in [1.29, 1.82) is 0 Å². The van der Waals surface area contributed by atoms with E-state index in [0.29, 0.717) is 6.42 Å². The third-order valence-electron chi connectivity index (χ3n) is 4.30. The molecule has 1 aliphatic heterocycles. The molecule has 0 aromatic heterocycles. The first-order chi connectivity index (χ1) is 9.92. The molecular weight excluding hydrogens is 292 g/mol. The van der Waals surface area contributed by atoms with E-state index in [9.17, 15) is 0 Å². The van der Waals surface area contributed by atoms with E-state index in [4.69, 9.17) is 27.8 Å². The first-order valence-electron chi connectivity index (χ1n) is 6.77. The molecule has 0 saturated carbocycles. The SMILES string of the molecule is COc1ccc2c(c1)C[C@]1(C)OO[C@]21O[Si](C)(OC)OC. The Morgan fingerprint density at radius 2 is 1.86 bits per heavy atom. The summed E-state index contributed by atoms with van der Waals surface area (Å²) in [5.41, 5.74) is 1.43. The number of methoxy groups -OCH3 is 1. The van der Waals surface area contributed by atoms with Crippen LogP contribution in [-0.4, -0.2) is 35.7 Å². The maximum Gasteiger partial charge on any atom is 0.499 e. The van der Waals surface area contributed by atoms with Crippen molar-refractivity contribution in [3.8, 4) is 5.75 Å². The van der Waals surface area contributed by atoms with Crippen LogP contribution in [0.4, 0.5) is 0 Å². The minimum absolute atomic E-state index is 0.590. The highest BCUT2D eigenvalue weighted by Gasteiger charge is 2.71. The van der Waals surface area contributed by atoms with Crippen LogP contribution in [0.25, 0.3) is 0 Å². The molecule has 0 unspecified atom stereocenters. The summed E-state index contributed by atoms with van der Waals surface area (Å²) >= 11 is 0. The van der Waals surface area contributed by atoms with Crippen LogP contribution in [0.2, 0.25) is 6.55 Å². The first kappa shape index (κ1) is 15.0. The number of ether oxygens (including phenoxy) is 1. The predicted octanol–water partition coefficient (Wildman–Crippen LogP) is 2.00. The summed E-state index contributed by atoms with van der Waals surface area (Å²) in [5, 5.41) is 0. The summed E-state index contributed by atoms with van der Waals surface area (Å²) in [4.78, 5) is 10.8. The molecule has 1 aromatic carbocycles. The quantitative estimate of drug-likeness (QED) is 0.612. The molecule has 0 N–H and O–H groups in total. The van der Waals surface area contributed by atoms with Crippen molar-refractivity contribution < 1.29 is 27.8 Å². The van der Waals surface area contributed by atoms with Crippen molar-refractivity contribution in [1.82, 2.24) is 0 Å². The third kappa shape index (κ3) is 1.96. The van der Waals surface area contributed by atoms with Crippen molar-refractivity contribution in [2.24, 2.45) is 0 Å². The average Bonchev–Trinajstić information content (AvgIpc) is 2.65. The number of rotatable bonds is 5. The molecule has 1 fully saturated rings. The predicted molar refractivity (Wildman–Crippen MR) is 75.7 cm³/mol. The fraction of sp³-hybridized carbons (Fsp3) is 0.571. The molecule has 21 heavy (non-hydrogen) atoms. The van der Waals surface area contributed by atoms with Crippen LogP contribution >= 0.6 is 0 Å². The van der Waals surface area contributed by atoms with Gasteiger partial charge in [-0.1, -0.05) is 0 Å². The molecule has 0 bridgehead atoms. The van der Waals surface area contributed by atoms with E-state index >= 15 is 0 Å². The second-order valence-corrected chi connectivity index (χ2v) is 8.33. The lowest BCUT2D eigenvalue weighted by Gasteiger charge is -2.51. The Hall–Kier alpha value is -0.963. The lowest BCUT2D eigenvalue weighted by atomic mass is 9.94. The molecule has 2 aliphatic rings. The molecule has 116 valence electrons. The van der Waals surface area contributed by atoms with Gasteiger partial charge in [0.25, 0.3) is 5.79 Å². The van der Waals surface area contributed by atoms with Crippen LogP contribution in [0.5, 0.6) is 5.75 Å². The van der Waals surface area contributed by atoms with Crippen molar-refractivity contribution >= 4 is 8.80 Å². The minimum atomic E-state index is -2.80. The van der Waals surface area contributed by atoms with Crippen LogP contribution in [0.3, 0.4) is 0 Å². The van der Waals surface area contributed by atoms with Gasteiger partial charge in [-0.3, -0.25) is 0 Å². The summed E-state index contributed by atoms with van der Waals surface area (Å²) in [6.07, 6.45) is 0.678. The van der Waals surface area contributed by atoms with E-state index < -0.39 is 20.2 Å². The van der Waals surface area contributed by atoms with E-state index in [1.807, 2.05) is 31.7 Å². The first-order valence-corrected chi connectivity index (χ1v) is 8.99. The van der Waals surface area contributed by atoms with E-state index in [1.54, 1.807) is 21.3 Å². The van der Waals surface area contributed by atoms with Gasteiger partial charge in [0.1, 0.15) is 5.75 Å². The van der Waals surface area contributed by atoms with Gasteiger partial charge in [0.05, 0.1) is 7.11 Å². The Morgan fingerprint density at radius 3 is 2.38 bits per heavy atom. The highest BCUT2D eigenvalue weighted by Crippen LogP contribution is 2.58. The zero-order valence-corrected chi connectivity index (χ0v) is 13.9. The van der Waals surface area contributed by atoms with E-state index in [2.05, 4.69) is 0 Å². The average molecular weight is 312 g/mol. The highest BCUT2D eigenvalue weighted by molar-refractivity contribution is 6.59. The zero-order chi connectivity index (χ0) is 15.3. The molecule has 6 nitrogen and oxygen atoms in total. The molecule has 0 radical (unpaired) electrons. The van der Waals surface area contributed by atoms with Crippen LogP contribution in [-0.2, 0) is 35.3 Å². The largest absolute Gasteiger partial charge is 0.499 e. The van der Waals surface area contributed by atoms with Gasteiger partial charge >= 0.3 is 8.80 Å². The molecule has 1 aromatic rings. The molecule has 1 heterocycles. The zero-order valence-electron chi connectivity index (χ0n) is 12.9. The number of hydrogen-bond acceptors (Lipinski definition) is 6. The summed E-state index contributed by atoms with van der Waals surface area (Å²) < 4.78 is 22.3. The number of hydrogen-bond donors (Lipinski definition) is 0. The maximum absolute atomic E-state index is 6.19. The van der Waals surface area contributed by atoms with Gasteiger partial charge in [-0.05, 0) is 30.7 Å². The Bertz CT molecular complexity index is 560. The molecule has 3 rings (SSSR count). The van der Waals surface area contributed by atoms with E-state index in [-0.39, 0.29) is 0 Å². The van der Waals surface area contributed by atoms with Crippen molar-refractivity contribution in [2.75, 3.05) is 21.3 Å². The number of fused-ring (bicyclic) bond motifs is 3.